The van der Waals surface area contributed by atoms with Crippen molar-refractivity contribution in [1.82, 2.24) is 19.9 Å². The maximum atomic E-state index is 12.4. The van der Waals surface area contributed by atoms with Crippen LogP contribution in [0.3, 0.4) is 0 Å². The van der Waals surface area contributed by atoms with E-state index in [1.165, 1.54) is 0 Å². The number of aryl methyl sites for hydroxylation is 2. The lowest BCUT2D eigenvalue weighted by Crippen LogP contribution is -2.42. The maximum absolute atomic E-state index is 12.4. The molecule has 3 aromatic rings. The van der Waals surface area contributed by atoms with Crippen LogP contribution < -0.4 is 10.2 Å². The number of nitrogens with one attached hydrogen (secondary N) is 1. The zero-order valence-electron chi connectivity index (χ0n) is 18.8. The fourth-order valence-electron chi connectivity index (χ4n) is 4.05. The Bertz CT molecular complexity index is 1090. The molecule has 0 radical (unpaired) electrons. The molecule has 1 aliphatic rings. The highest BCUT2D eigenvalue weighted by atomic mass is 35.5. The van der Waals surface area contributed by atoms with Crippen LogP contribution in [-0.2, 0) is 11.2 Å². The summed E-state index contributed by atoms with van der Waals surface area (Å²) >= 11 is 5.91. The molecule has 0 bridgehead atoms. The van der Waals surface area contributed by atoms with Gasteiger partial charge in [-0.2, -0.15) is 0 Å². The van der Waals surface area contributed by atoms with E-state index in [1.807, 2.05) is 37.3 Å². The summed E-state index contributed by atoms with van der Waals surface area (Å²) in [5.41, 5.74) is 3.40. The highest BCUT2D eigenvalue weighted by molar-refractivity contribution is 6.30. The third-order valence-electron chi connectivity index (χ3n) is 6.00. The zero-order valence-corrected chi connectivity index (χ0v) is 19.6. The number of piperidine rings is 1. The van der Waals surface area contributed by atoms with Crippen molar-refractivity contribution in [1.29, 1.82) is 0 Å². The van der Waals surface area contributed by atoms with Crippen LogP contribution in [0.25, 0.3) is 11.0 Å². The summed E-state index contributed by atoms with van der Waals surface area (Å²) in [7, 11) is 4.27. The fourth-order valence-corrected chi connectivity index (χ4v) is 4.18. The molecule has 0 aliphatic carbocycles. The molecule has 0 saturated carbocycles. The van der Waals surface area contributed by atoms with Gasteiger partial charge in [-0.15, -0.1) is 0 Å². The van der Waals surface area contributed by atoms with Crippen molar-refractivity contribution in [3.63, 3.8) is 0 Å². The van der Waals surface area contributed by atoms with Gasteiger partial charge in [0.15, 0.2) is 0 Å². The van der Waals surface area contributed by atoms with E-state index >= 15 is 0 Å². The first-order valence-electron chi connectivity index (χ1n) is 11.0. The first-order chi connectivity index (χ1) is 15.4. The van der Waals surface area contributed by atoms with E-state index in [-0.39, 0.29) is 5.91 Å². The Morgan fingerprint density at radius 3 is 2.50 bits per heavy atom. The number of rotatable bonds is 6. The molecule has 1 saturated heterocycles. The third kappa shape index (κ3) is 5.34. The number of hydrogen-bond donors (Lipinski definition) is 1. The number of carbonyl (C=O) groups is 1. The number of carbonyl (C=O) groups excluding carboxylic acids is 1. The van der Waals surface area contributed by atoms with Crippen LogP contribution in [0, 0.1) is 6.92 Å². The van der Waals surface area contributed by atoms with Crippen molar-refractivity contribution in [3.05, 3.63) is 52.7 Å². The molecule has 3 heterocycles. The van der Waals surface area contributed by atoms with Gasteiger partial charge in [0.2, 0.25) is 11.9 Å². The lowest BCUT2D eigenvalue weighted by molar-refractivity contribution is -0.116. The van der Waals surface area contributed by atoms with E-state index in [9.17, 15) is 4.79 Å². The Morgan fingerprint density at radius 2 is 1.81 bits per heavy atom. The van der Waals surface area contributed by atoms with Crippen molar-refractivity contribution in [2.75, 3.05) is 37.4 Å². The predicted octanol–water partition coefficient (Wildman–Crippen LogP) is 4.09. The molecule has 7 nitrogen and oxygen atoms in total. The molecule has 0 spiro atoms. The van der Waals surface area contributed by atoms with Crippen LogP contribution >= 0.6 is 11.6 Å². The standard InChI is InChI=1S/C24H29ClN6O/c1-16-23-20(27-24(26-16)31-14-12-19(13-15-31)30(2)3)9-10-21(29-23)28-22(32)11-6-17-4-7-18(25)8-5-17/h4-5,7-10,19H,6,11-15H2,1-3H3,(H,28,29,32). The normalized spacial score (nSPS) is 14.8. The maximum Gasteiger partial charge on any atom is 0.226 e. The van der Waals surface area contributed by atoms with Crippen molar-refractivity contribution in [2.45, 2.75) is 38.6 Å². The van der Waals surface area contributed by atoms with Crippen LogP contribution in [-0.4, -0.2) is 59.0 Å². The first-order valence-corrected chi connectivity index (χ1v) is 11.4. The van der Waals surface area contributed by atoms with Gasteiger partial charge in [0.25, 0.3) is 0 Å². The molecular weight excluding hydrogens is 424 g/mol. The molecule has 1 amide bonds. The number of benzene rings is 1. The second-order valence-electron chi connectivity index (χ2n) is 8.53. The SMILES string of the molecule is Cc1nc(N2CCC(N(C)C)CC2)nc2ccc(NC(=O)CCc3ccc(Cl)cc3)nc12. The van der Waals surface area contributed by atoms with Crippen molar-refractivity contribution in [3.8, 4) is 0 Å². The van der Waals surface area contributed by atoms with Crippen molar-refractivity contribution >= 4 is 40.3 Å². The first kappa shape index (κ1) is 22.4. The van der Waals surface area contributed by atoms with Crippen LogP contribution in [0.2, 0.25) is 5.02 Å². The molecule has 1 aromatic carbocycles. The zero-order chi connectivity index (χ0) is 22.7. The Kier molecular flexibility index (Phi) is 6.86. The molecule has 1 N–H and O–H groups in total. The van der Waals surface area contributed by atoms with Gasteiger partial charge < -0.3 is 15.1 Å². The van der Waals surface area contributed by atoms with Crippen LogP contribution in [0.15, 0.2) is 36.4 Å². The van der Waals surface area contributed by atoms with E-state index in [4.69, 9.17) is 21.6 Å². The minimum atomic E-state index is -0.0780. The summed E-state index contributed by atoms with van der Waals surface area (Å²) < 4.78 is 0. The Balaban J connectivity index is 1.41. The number of anilines is 2. The number of hydrogen-bond acceptors (Lipinski definition) is 6. The van der Waals surface area contributed by atoms with Gasteiger partial charge in [-0.05, 0) is 70.1 Å². The van der Waals surface area contributed by atoms with Crippen LogP contribution in [0.1, 0.15) is 30.5 Å². The summed E-state index contributed by atoms with van der Waals surface area (Å²) in [6.07, 6.45) is 3.23. The molecule has 2 aromatic heterocycles. The Hall–Kier alpha value is -2.77. The fraction of sp³-hybridized carbons (Fsp3) is 0.417. The molecule has 4 rings (SSSR count). The summed E-state index contributed by atoms with van der Waals surface area (Å²) in [5, 5.41) is 3.58. The lowest BCUT2D eigenvalue weighted by atomic mass is 10.0. The topological polar surface area (TPSA) is 74.2 Å². The lowest BCUT2D eigenvalue weighted by Gasteiger charge is -2.35. The van der Waals surface area contributed by atoms with Gasteiger partial charge in [0.05, 0.1) is 11.2 Å². The van der Waals surface area contributed by atoms with E-state index in [2.05, 4.69) is 34.2 Å². The molecule has 8 heteroatoms. The molecule has 0 atom stereocenters. The number of nitrogens with zero attached hydrogens (tertiary/aromatic N) is 5. The van der Waals surface area contributed by atoms with Crippen molar-refractivity contribution in [2.24, 2.45) is 0 Å². The van der Waals surface area contributed by atoms with E-state index < -0.39 is 0 Å². The second-order valence-corrected chi connectivity index (χ2v) is 8.97. The number of aromatic nitrogens is 3. The smallest absolute Gasteiger partial charge is 0.226 e. The van der Waals surface area contributed by atoms with Crippen LogP contribution in [0.5, 0.6) is 0 Å². The highest BCUT2D eigenvalue weighted by Gasteiger charge is 2.23. The van der Waals surface area contributed by atoms with Crippen LogP contribution in [0.4, 0.5) is 11.8 Å². The van der Waals surface area contributed by atoms with Gasteiger partial charge in [-0.25, -0.2) is 15.0 Å². The Labute approximate surface area is 193 Å². The molecule has 32 heavy (non-hydrogen) atoms. The van der Waals surface area contributed by atoms with E-state index in [1.54, 1.807) is 6.07 Å². The summed E-state index contributed by atoms with van der Waals surface area (Å²) in [4.78, 5) is 31.0. The molecule has 168 valence electrons. The molecule has 1 fully saturated rings. The average Bonchev–Trinajstić information content (AvgIpc) is 2.79. The summed E-state index contributed by atoms with van der Waals surface area (Å²) in [6.45, 7) is 3.84. The minimum Gasteiger partial charge on any atom is -0.341 e. The number of pyridine rings is 1. The van der Waals surface area contributed by atoms with Gasteiger partial charge in [-0.3, -0.25) is 4.79 Å². The highest BCUT2D eigenvalue weighted by Crippen LogP contribution is 2.23. The van der Waals surface area contributed by atoms with E-state index in [0.717, 1.165) is 48.7 Å². The number of halogens is 1. The third-order valence-corrected chi connectivity index (χ3v) is 6.26. The van der Waals surface area contributed by atoms with E-state index in [0.29, 0.717) is 35.2 Å². The monoisotopic (exact) mass is 452 g/mol. The Morgan fingerprint density at radius 1 is 1.09 bits per heavy atom. The molecular formula is C24H29ClN6O. The van der Waals surface area contributed by atoms with Gasteiger partial charge in [-0.1, -0.05) is 23.7 Å². The molecule has 1 aliphatic heterocycles. The minimum absolute atomic E-state index is 0.0780. The summed E-state index contributed by atoms with van der Waals surface area (Å²) in [6, 6.07) is 11.9. The van der Waals surface area contributed by atoms with Crippen molar-refractivity contribution < 1.29 is 4.79 Å². The number of amides is 1. The number of fused-ring (bicyclic) bond motifs is 1. The van der Waals surface area contributed by atoms with Gasteiger partial charge in [0, 0.05) is 30.6 Å². The average molecular weight is 453 g/mol. The quantitative estimate of drug-likeness (QED) is 0.607. The second kappa shape index (κ2) is 9.79. The summed E-state index contributed by atoms with van der Waals surface area (Å²) in [5.74, 6) is 1.20. The van der Waals surface area contributed by atoms with Gasteiger partial charge >= 0.3 is 0 Å². The molecule has 0 unspecified atom stereocenters. The van der Waals surface area contributed by atoms with Gasteiger partial charge in [0.1, 0.15) is 11.3 Å². The largest absolute Gasteiger partial charge is 0.341 e. The predicted molar refractivity (Wildman–Crippen MR) is 129 cm³/mol.